The molecule has 1 aliphatic heterocycles. The Balaban J connectivity index is 1.94. The van der Waals surface area contributed by atoms with Crippen LogP contribution in [0.4, 0.5) is 5.69 Å². The first-order valence-corrected chi connectivity index (χ1v) is 5.29. The number of para-hydroxylation sites is 1. The summed E-state index contributed by atoms with van der Waals surface area (Å²) in [4.78, 5) is 0. The summed E-state index contributed by atoms with van der Waals surface area (Å²) in [7, 11) is 0. The van der Waals surface area contributed by atoms with E-state index < -0.39 is 0 Å². The number of thiol groups is 1. The molecule has 3 atom stereocenters. The molecule has 1 heterocycles. The van der Waals surface area contributed by atoms with Crippen molar-refractivity contribution in [3.05, 3.63) is 30.3 Å². The van der Waals surface area contributed by atoms with Crippen molar-refractivity contribution in [3.63, 3.8) is 0 Å². The maximum absolute atomic E-state index is 5.72. The van der Waals surface area contributed by atoms with Crippen molar-refractivity contribution in [3.8, 4) is 0 Å². The summed E-state index contributed by atoms with van der Waals surface area (Å²) in [5, 5.41) is 12.5. The van der Waals surface area contributed by atoms with Gasteiger partial charge >= 0.3 is 0 Å². The van der Waals surface area contributed by atoms with Crippen LogP contribution in [0.25, 0.3) is 0 Å². The second-order valence-electron chi connectivity index (χ2n) is 3.32. The van der Waals surface area contributed by atoms with E-state index >= 15 is 0 Å². The van der Waals surface area contributed by atoms with E-state index in [2.05, 4.69) is 33.9 Å². The molecule has 0 saturated carbocycles. The Labute approximate surface area is 94.2 Å². The van der Waals surface area contributed by atoms with Gasteiger partial charge in [0, 0.05) is 5.69 Å². The van der Waals surface area contributed by atoms with Crippen molar-refractivity contribution < 1.29 is 0 Å². The van der Waals surface area contributed by atoms with Gasteiger partial charge in [0.1, 0.15) is 18.1 Å². The van der Waals surface area contributed by atoms with Gasteiger partial charge < -0.3 is 11.1 Å². The minimum atomic E-state index is -0.269. The fourth-order valence-electron chi connectivity index (χ4n) is 1.44. The van der Waals surface area contributed by atoms with E-state index in [1.165, 1.54) is 0 Å². The molecule has 15 heavy (non-hydrogen) atoms. The summed E-state index contributed by atoms with van der Waals surface area (Å²) >= 11 is 4.26. The smallest absolute Gasteiger partial charge is 0.136 e. The fraction of sp³-hybridized carbons (Fsp3) is 0.333. The van der Waals surface area contributed by atoms with E-state index in [4.69, 9.17) is 5.73 Å². The first kappa shape index (κ1) is 10.7. The zero-order valence-electron chi connectivity index (χ0n) is 8.14. The van der Waals surface area contributed by atoms with Gasteiger partial charge in [0.05, 0.1) is 0 Å². The number of hydrogen-bond acceptors (Lipinski definition) is 6. The summed E-state index contributed by atoms with van der Waals surface area (Å²) in [5.74, 6) is 0. The van der Waals surface area contributed by atoms with Gasteiger partial charge in [-0.3, -0.25) is 16.0 Å². The van der Waals surface area contributed by atoms with E-state index in [9.17, 15) is 0 Å². The van der Waals surface area contributed by atoms with E-state index in [-0.39, 0.29) is 18.1 Å². The normalized spacial score (nSPS) is 31.2. The predicted molar refractivity (Wildman–Crippen MR) is 64.0 cm³/mol. The molecule has 0 aliphatic carbocycles. The fourth-order valence-corrected chi connectivity index (χ4v) is 1.75. The summed E-state index contributed by atoms with van der Waals surface area (Å²) in [5.41, 5.74) is 6.62. The van der Waals surface area contributed by atoms with Crippen LogP contribution < -0.4 is 27.0 Å². The van der Waals surface area contributed by atoms with Crippen LogP contribution in [0.2, 0.25) is 0 Å². The Morgan fingerprint density at radius 2 is 1.87 bits per heavy atom. The molecule has 0 radical (unpaired) electrons. The predicted octanol–water partition coefficient (Wildman–Crippen LogP) is -0.380. The molecule has 5 nitrogen and oxygen atoms in total. The van der Waals surface area contributed by atoms with Crippen LogP contribution in [0.15, 0.2) is 30.3 Å². The average Bonchev–Trinajstić information content (AvgIpc) is 2.17. The highest BCUT2D eigenvalue weighted by Crippen LogP contribution is 2.06. The second-order valence-corrected chi connectivity index (χ2v) is 3.84. The van der Waals surface area contributed by atoms with Gasteiger partial charge in [-0.05, 0) is 12.1 Å². The van der Waals surface area contributed by atoms with Crippen LogP contribution in [0.3, 0.4) is 0 Å². The van der Waals surface area contributed by atoms with Gasteiger partial charge in [-0.1, -0.05) is 18.2 Å². The lowest BCUT2D eigenvalue weighted by molar-refractivity contribution is 0.269. The van der Waals surface area contributed by atoms with Crippen molar-refractivity contribution in [2.75, 3.05) is 5.32 Å². The van der Waals surface area contributed by atoms with Crippen LogP contribution in [0, 0.1) is 0 Å². The third kappa shape index (κ3) is 3.08. The molecule has 0 spiro atoms. The first-order chi connectivity index (χ1) is 7.24. The topological polar surface area (TPSA) is 74.1 Å². The molecule has 1 fully saturated rings. The highest BCUT2D eigenvalue weighted by atomic mass is 32.1. The van der Waals surface area contributed by atoms with Crippen LogP contribution in [0.5, 0.6) is 0 Å². The molecule has 0 bridgehead atoms. The Kier molecular flexibility index (Phi) is 3.45. The zero-order valence-corrected chi connectivity index (χ0v) is 9.04. The minimum Gasteiger partial charge on any atom is -0.357 e. The molecule has 2 rings (SSSR count). The Morgan fingerprint density at radius 3 is 2.53 bits per heavy atom. The summed E-state index contributed by atoms with van der Waals surface area (Å²) < 4.78 is 0. The third-order valence-corrected chi connectivity index (χ3v) is 2.39. The molecular weight excluding hydrogens is 210 g/mol. The van der Waals surface area contributed by atoms with Gasteiger partial charge in [-0.2, -0.15) is 0 Å². The lowest BCUT2D eigenvalue weighted by Crippen LogP contribution is -2.70. The monoisotopic (exact) mass is 225 g/mol. The van der Waals surface area contributed by atoms with Crippen LogP contribution in [-0.4, -0.2) is 18.1 Å². The number of hydrogen-bond donors (Lipinski definition) is 6. The van der Waals surface area contributed by atoms with Gasteiger partial charge in [0.25, 0.3) is 0 Å². The molecule has 6 heteroatoms. The van der Waals surface area contributed by atoms with Crippen molar-refractivity contribution >= 4 is 18.3 Å². The van der Waals surface area contributed by atoms with E-state index in [1.54, 1.807) is 0 Å². The molecule has 1 aliphatic rings. The van der Waals surface area contributed by atoms with Crippen LogP contribution in [0.1, 0.15) is 0 Å². The van der Waals surface area contributed by atoms with Crippen molar-refractivity contribution in [1.29, 1.82) is 0 Å². The molecular formula is C9H15N5S. The highest BCUT2D eigenvalue weighted by Gasteiger charge is 2.21. The third-order valence-electron chi connectivity index (χ3n) is 2.09. The molecule has 1 aromatic rings. The SMILES string of the molecule is NC1NC(S)NC(Nc2ccccc2)N1. The second kappa shape index (κ2) is 4.82. The maximum Gasteiger partial charge on any atom is 0.136 e. The molecule has 1 aromatic carbocycles. The Bertz CT molecular complexity index is 297. The van der Waals surface area contributed by atoms with E-state index in [1.807, 2.05) is 30.3 Å². The number of rotatable bonds is 2. The quantitative estimate of drug-likeness (QED) is 0.387. The van der Waals surface area contributed by atoms with Crippen LogP contribution >= 0.6 is 12.6 Å². The summed E-state index contributed by atoms with van der Waals surface area (Å²) in [6.45, 7) is 0. The molecule has 0 aromatic heterocycles. The van der Waals surface area contributed by atoms with Crippen molar-refractivity contribution in [2.45, 2.75) is 18.1 Å². The molecule has 6 N–H and O–H groups in total. The lowest BCUT2D eigenvalue weighted by atomic mass is 10.3. The van der Waals surface area contributed by atoms with E-state index in [0.29, 0.717) is 0 Å². The lowest BCUT2D eigenvalue weighted by Gasteiger charge is -2.35. The number of anilines is 1. The number of benzene rings is 1. The van der Waals surface area contributed by atoms with Crippen LogP contribution in [-0.2, 0) is 0 Å². The average molecular weight is 225 g/mol. The van der Waals surface area contributed by atoms with Gasteiger partial charge in [0.2, 0.25) is 0 Å². The van der Waals surface area contributed by atoms with E-state index in [0.717, 1.165) is 5.69 Å². The molecule has 3 unspecified atom stereocenters. The van der Waals surface area contributed by atoms with Gasteiger partial charge in [-0.15, -0.1) is 12.6 Å². The molecule has 1 saturated heterocycles. The van der Waals surface area contributed by atoms with Crippen molar-refractivity contribution in [1.82, 2.24) is 16.0 Å². The highest BCUT2D eigenvalue weighted by molar-refractivity contribution is 7.80. The largest absolute Gasteiger partial charge is 0.357 e. The first-order valence-electron chi connectivity index (χ1n) is 4.77. The van der Waals surface area contributed by atoms with Gasteiger partial charge in [0.15, 0.2) is 0 Å². The number of nitrogens with one attached hydrogen (secondary N) is 4. The van der Waals surface area contributed by atoms with Gasteiger partial charge in [-0.25, -0.2) is 0 Å². The Morgan fingerprint density at radius 1 is 1.13 bits per heavy atom. The summed E-state index contributed by atoms with van der Waals surface area (Å²) in [6.07, 6.45) is -0.360. The zero-order chi connectivity index (χ0) is 10.7. The molecule has 0 amide bonds. The maximum atomic E-state index is 5.72. The van der Waals surface area contributed by atoms with Crippen molar-refractivity contribution in [2.24, 2.45) is 5.73 Å². The summed E-state index contributed by atoms with van der Waals surface area (Å²) in [6, 6.07) is 9.90. The number of nitrogens with two attached hydrogens (primary N) is 1. The standard InChI is InChI=1S/C9H15N5S/c10-7-12-8(14-9(15)13-7)11-6-4-2-1-3-5-6/h1-5,7-9,11-15H,10H2. The molecule has 82 valence electrons. The minimum absolute atomic E-state index is 0.0915. The Hall–Kier alpha value is -0.790.